The lowest BCUT2D eigenvalue weighted by Gasteiger charge is -2.18. The van der Waals surface area contributed by atoms with Crippen LogP contribution in [0.5, 0.6) is 0 Å². The van der Waals surface area contributed by atoms with Crippen molar-refractivity contribution in [1.29, 1.82) is 0 Å². The number of alkyl halides is 2. The highest BCUT2D eigenvalue weighted by Gasteiger charge is 2.26. The van der Waals surface area contributed by atoms with Gasteiger partial charge in [-0.3, -0.25) is 4.79 Å². The van der Waals surface area contributed by atoms with Crippen LogP contribution in [-0.4, -0.2) is 20.1 Å². The predicted octanol–water partition coefficient (Wildman–Crippen LogP) is 3.95. The second kappa shape index (κ2) is 8.20. The van der Waals surface area contributed by atoms with Gasteiger partial charge < -0.3 is 5.32 Å². The summed E-state index contributed by atoms with van der Waals surface area (Å²) in [5.41, 5.74) is 1.18. The molecule has 0 aliphatic rings. The molecule has 2 aromatic carbocycles. The topological polar surface area (TPSA) is 63.2 Å². The third kappa shape index (κ3) is 4.63. The van der Waals surface area contributed by atoms with E-state index in [1.165, 1.54) is 12.1 Å². The van der Waals surface area contributed by atoms with Crippen LogP contribution < -0.4 is 5.32 Å². The molecule has 1 amide bonds. The minimum atomic E-state index is -4.66. The highest BCUT2D eigenvalue weighted by molar-refractivity contribution is 7.91. The standard InChI is InChI=1S/C18H19F2NO3S/c1-2-6-16(13-7-4-3-5-8-13)21-17(22)14-9-11-15(12-10-14)25(23,24)18(19)20/h3-5,7-12,16,18H,2,6H2,1H3,(H,21,22)/t16-/m0/s1. The first-order chi connectivity index (χ1) is 11.9. The molecule has 0 radical (unpaired) electrons. The van der Waals surface area contributed by atoms with Crippen molar-refractivity contribution in [3.8, 4) is 0 Å². The molecule has 0 aliphatic heterocycles. The van der Waals surface area contributed by atoms with Gasteiger partial charge in [-0.25, -0.2) is 8.42 Å². The highest BCUT2D eigenvalue weighted by Crippen LogP contribution is 2.21. The average molecular weight is 367 g/mol. The van der Waals surface area contributed by atoms with Crippen molar-refractivity contribution in [2.45, 2.75) is 36.5 Å². The fraction of sp³-hybridized carbons (Fsp3) is 0.278. The van der Waals surface area contributed by atoms with Crippen LogP contribution in [0.1, 0.15) is 41.7 Å². The van der Waals surface area contributed by atoms with Crippen molar-refractivity contribution in [1.82, 2.24) is 5.32 Å². The first-order valence-electron chi connectivity index (χ1n) is 7.84. The van der Waals surface area contributed by atoms with Gasteiger partial charge in [0.15, 0.2) is 0 Å². The Morgan fingerprint density at radius 2 is 1.64 bits per heavy atom. The Balaban J connectivity index is 2.17. The molecule has 25 heavy (non-hydrogen) atoms. The Kier molecular flexibility index (Phi) is 6.25. The summed E-state index contributed by atoms with van der Waals surface area (Å²) in [5, 5.41) is 2.89. The van der Waals surface area contributed by atoms with E-state index in [1.807, 2.05) is 37.3 Å². The summed E-state index contributed by atoms with van der Waals surface area (Å²) in [6.45, 7) is 2.01. The van der Waals surface area contributed by atoms with Crippen LogP contribution in [0.3, 0.4) is 0 Å². The molecule has 0 aliphatic carbocycles. The van der Waals surface area contributed by atoms with Crippen molar-refractivity contribution in [2.75, 3.05) is 0 Å². The molecule has 2 aromatic rings. The molecular formula is C18H19F2NO3S. The Morgan fingerprint density at radius 1 is 1.04 bits per heavy atom. The van der Waals surface area contributed by atoms with Crippen molar-refractivity contribution in [3.63, 3.8) is 0 Å². The number of halogens is 2. The minimum absolute atomic E-state index is 0.178. The molecule has 0 unspecified atom stereocenters. The Labute approximate surface area is 145 Å². The third-order valence-corrected chi connectivity index (χ3v) is 5.16. The lowest BCUT2D eigenvalue weighted by atomic mass is 10.0. The Bertz CT molecular complexity index is 806. The van der Waals surface area contributed by atoms with Crippen molar-refractivity contribution in [3.05, 3.63) is 65.7 Å². The van der Waals surface area contributed by atoms with E-state index < -0.39 is 20.5 Å². The number of sulfone groups is 1. The predicted molar refractivity (Wildman–Crippen MR) is 91.2 cm³/mol. The smallest absolute Gasteiger partial charge is 0.341 e. The molecule has 1 N–H and O–H groups in total. The summed E-state index contributed by atoms with van der Waals surface area (Å²) in [6, 6.07) is 13.8. The first kappa shape index (κ1) is 19.1. The van der Waals surface area contributed by atoms with Crippen LogP contribution in [-0.2, 0) is 9.84 Å². The maximum Gasteiger partial charge on any atom is 0.341 e. The normalized spacial score (nSPS) is 12.8. The number of hydrogen-bond donors (Lipinski definition) is 1. The molecule has 0 heterocycles. The molecule has 7 heteroatoms. The van der Waals surface area contributed by atoms with Gasteiger partial charge in [0.25, 0.3) is 5.91 Å². The van der Waals surface area contributed by atoms with E-state index >= 15 is 0 Å². The molecule has 0 bridgehead atoms. The number of carbonyl (C=O) groups excluding carboxylic acids is 1. The van der Waals surface area contributed by atoms with Gasteiger partial charge in [0.05, 0.1) is 10.9 Å². The number of carbonyl (C=O) groups is 1. The second-order valence-corrected chi connectivity index (χ2v) is 7.47. The molecular weight excluding hydrogens is 348 g/mol. The van der Waals surface area contributed by atoms with E-state index in [0.717, 1.165) is 30.5 Å². The zero-order chi connectivity index (χ0) is 18.4. The molecule has 4 nitrogen and oxygen atoms in total. The second-order valence-electron chi connectivity index (χ2n) is 5.56. The zero-order valence-electron chi connectivity index (χ0n) is 13.7. The van der Waals surface area contributed by atoms with Gasteiger partial charge in [-0.1, -0.05) is 43.7 Å². The van der Waals surface area contributed by atoms with E-state index in [-0.39, 0.29) is 17.5 Å². The number of rotatable bonds is 7. The maximum absolute atomic E-state index is 12.5. The third-order valence-electron chi connectivity index (χ3n) is 3.76. The zero-order valence-corrected chi connectivity index (χ0v) is 14.5. The number of hydrogen-bond acceptors (Lipinski definition) is 3. The van der Waals surface area contributed by atoms with Crippen molar-refractivity contribution >= 4 is 15.7 Å². The van der Waals surface area contributed by atoms with Crippen molar-refractivity contribution < 1.29 is 22.0 Å². The van der Waals surface area contributed by atoms with E-state index in [2.05, 4.69) is 5.32 Å². The van der Waals surface area contributed by atoms with Gasteiger partial charge >= 0.3 is 5.76 Å². The molecule has 2 rings (SSSR count). The lowest BCUT2D eigenvalue weighted by molar-refractivity contribution is 0.0934. The SMILES string of the molecule is CCC[C@H](NC(=O)c1ccc(S(=O)(=O)C(F)F)cc1)c1ccccc1. The Morgan fingerprint density at radius 3 is 2.16 bits per heavy atom. The van der Waals surface area contributed by atoms with E-state index in [4.69, 9.17) is 0 Å². The molecule has 134 valence electrons. The first-order valence-corrected chi connectivity index (χ1v) is 9.38. The highest BCUT2D eigenvalue weighted by atomic mass is 32.2. The van der Waals surface area contributed by atoms with E-state index in [0.29, 0.717) is 0 Å². The maximum atomic E-state index is 12.5. The van der Waals surface area contributed by atoms with Crippen LogP contribution in [0.2, 0.25) is 0 Å². The van der Waals surface area contributed by atoms with Crippen LogP contribution in [0.25, 0.3) is 0 Å². The van der Waals surface area contributed by atoms with Gasteiger partial charge in [-0.2, -0.15) is 8.78 Å². The summed E-state index contributed by atoms with van der Waals surface area (Å²) in [5.74, 6) is -3.87. The summed E-state index contributed by atoms with van der Waals surface area (Å²) in [4.78, 5) is 11.9. The monoisotopic (exact) mass is 367 g/mol. The summed E-state index contributed by atoms with van der Waals surface area (Å²) < 4.78 is 47.9. The lowest BCUT2D eigenvalue weighted by Crippen LogP contribution is -2.28. The van der Waals surface area contributed by atoms with E-state index in [9.17, 15) is 22.0 Å². The quantitative estimate of drug-likeness (QED) is 0.806. The molecule has 0 spiro atoms. The van der Waals surface area contributed by atoms with Crippen LogP contribution in [0.4, 0.5) is 8.78 Å². The average Bonchev–Trinajstić information content (AvgIpc) is 2.62. The molecule has 0 saturated heterocycles. The van der Waals surface area contributed by atoms with Gasteiger partial charge in [0, 0.05) is 5.56 Å². The number of amides is 1. The van der Waals surface area contributed by atoms with Gasteiger partial charge in [-0.05, 0) is 36.2 Å². The summed E-state index contributed by atoms with van der Waals surface area (Å²) in [7, 11) is -4.66. The number of benzene rings is 2. The number of nitrogens with one attached hydrogen (secondary N) is 1. The molecule has 0 aromatic heterocycles. The summed E-state index contributed by atoms with van der Waals surface area (Å²) >= 11 is 0. The van der Waals surface area contributed by atoms with Crippen LogP contribution in [0.15, 0.2) is 59.5 Å². The summed E-state index contributed by atoms with van der Waals surface area (Å²) in [6.07, 6.45) is 1.61. The van der Waals surface area contributed by atoms with Gasteiger partial charge in [-0.15, -0.1) is 0 Å². The van der Waals surface area contributed by atoms with Crippen molar-refractivity contribution in [2.24, 2.45) is 0 Å². The van der Waals surface area contributed by atoms with Crippen LogP contribution >= 0.6 is 0 Å². The molecule has 0 fully saturated rings. The fourth-order valence-corrected chi connectivity index (χ4v) is 3.16. The van der Waals surface area contributed by atoms with Gasteiger partial charge in [0.1, 0.15) is 0 Å². The fourth-order valence-electron chi connectivity index (χ4n) is 2.44. The Hall–Kier alpha value is -2.28. The molecule has 0 saturated carbocycles. The minimum Gasteiger partial charge on any atom is -0.345 e. The van der Waals surface area contributed by atoms with E-state index in [1.54, 1.807) is 0 Å². The largest absolute Gasteiger partial charge is 0.345 e. The molecule has 1 atom stereocenters. The van der Waals surface area contributed by atoms with Crippen LogP contribution in [0, 0.1) is 0 Å². The van der Waals surface area contributed by atoms with Gasteiger partial charge in [0.2, 0.25) is 9.84 Å².